The van der Waals surface area contributed by atoms with E-state index >= 15 is 0 Å². The number of aliphatic hydroxyl groups excluding tert-OH is 1. The number of hydrogen-bond acceptors (Lipinski definition) is 4. The molecule has 2 N–H and O–H groups in total. The smallest absolute Gasteiger partial charge is 0.241 e. The van der Waals surface area contributed by atoms with Crippen LogP contribution < -0.4 is 4.72 Å². The Labute approximate surface area is 118 Å². The molecule has 0 aliphatic heterocycles. The number of nitrogens with one attached hydrogen (secondary N) is 1. The van der Waals surface area contributed by atoms with Crippen LogP contribution in [-0.4, -0.2) is 18.5 Å². The standard InChI is InChI=1S/C14H16N2O3S/c1-11-4-5-12(10-17)7-14(11)20(18,19)16-9-13-3-2-6-15-8-13/h2-8,16-17H,9-10H2,1H3. The lowest BCUT2D eigenvalue weighted by molar-refractivity contribution is 0.281. The van der Waals surface area contributed by atoms with Gasteiger partial charge in [-0.2, -0.15) is 0 Å². The maximum atomic E-state index is 12.3. The van der Waals surface area contributed by atoms with Crippen molar-refractivity contribution in [3.05, 3.63) is 59.4 Å². The van der Waals surface area contributed by atoms with Gasteiger partial charge in [0.25, 0.3) is 0 Å². The van der Waals surface area contributed by atoms with Gasteiger partial charge in [0.05, 0.1) is 11.5 Å². The van der Waals surface area contributed by atoms with Gasteiger partial charge >= 0.3 is 0 Å². The van der Waals surface area contributed by atoms with Gasteiger partial charge in [0, 0.05) is 18.9 Å². The van der Waals surface area contributed by atoms with Crippen molar-refractivity contribution in [2.24, 2.45) is 0 Å². The van der Waals surface area contributed by atoms with Crippen LogP contribution in [0.3, 0.4) is 0 Å². The van der Waals surface area contributed by atoms with Gasteiger partial charge < -0.3 is 5.11 Å². The number of benzene rings is 1. The van der Waals surface area contributed by atoms with E-state index in [0.29, 0.717) is 11.1 Å². The van der Waals surface area contributed by atoms with Crippen LogP contribution in [0.5, 0.6) is 0 Å². The first-order chi connectivity index (χ1) is 9.53. The highest BCUT2D eigenvalue weighted by atomic mass is 32.2. The summed E-state index contributed by atoms with van der Waals surface area (Å²) in [5.41, 5.74) is 1.99. The molecule has 0 amide bonds. The van der Waals surface area contributed by atoms with Crippen molar-refractivity contribution in [3.63, 3.8) is 0 Å². The molecule has 2 rings (SSSR count). The molecule has 0 aliphatic rings. The van der Waals surface area contributed by atoms with Crippen LogP contribution in [0, 0.1) is 6.92 Å². The van der Waals surface area contributed by atoms with Crippen LogP contribution in [0.2, 0.25) is 0 Å². The molecule has 1 heterocycles. The summed E-state index contributed by atoms with van der Waals surface area (Å²) in [6.07, 6.45) is 3.24. The van der Waals surface area contributed by atoms with Gasteiger partial charge in [0.2, 0.25) is 10.0 Å². The molecule has 20 heavy (non-hydrogen) atoms. The number of aryl methyl sites for hydroxylation is 1. The molecule has 0 saturated heterocycles. The van der Waals surface area contributed by atoms with Gasteiger partial charge in [-0.3, -0.25) is 4.98 Å². The highest BCUT2D eigenvalue weighted by molar-refractivity contribution is 7.89. The number of pyridine rings is 1. The van der Waals surface area contributed by atoms with Gasteiger partial charge in [-0.05, 0) is 35.7 Å². The van der Waals surface area contributed by atoms with E-state index in [1.165, 1.54) is 6.07 Å². The maximum Gasteiger partial charge on any atom is 0.241 e. The van der Waals surface area contributed by atoms with E-state index in [9.17, 15) is 8.42 Å². The largest absolute Gasteiger partial charge is 0.392 e. The Morgan fingerprint density at radius 3 is 2.70 bits per heavy atom. The van der Waals surface area contributed by atoms with Crippen LogP contribution in [-0.2, 0) is 23.2 Å². The zero-order chi connectivity index (χ0) is 14.6. The summed E-state index contributed by atoms with van der Waals surface area (Å²) in [7, 11) is -3.61. The molecule has 1 aromatic carbocycles. The minimum Gasteiger partial charge on any atom is -0.392 e. The molecule has 2 aromatic rings. The maximum absolute atomic E-state index is 12.3. The molecule has 106 valence electrons. The molecule has 0 fully saturated rings. The SMILES string of the molecule is Cc1ccc(CO)cc1S(=O)(=O)NCc1cccnc1. The minimum atomic E-state index is -3.61. The second-order valence-electron chi connectivity index (χ2n) is 4.44. The molecule has 0 spiro atoms. The lowest BCUT2D eigenvalue weighted by Crippen LogP contribution is -2.24. The number of rotatable bonds is 5. The molecule has 5 nitrogen and oxygen atoms in total. The lowest BCUT2D eigenvalue weighted by Gasteiger charge is -2.10. The predicted molar refractivity (Wildman–Crippen MR) is 75.4 cm³/mol. The molecular formula is C14H16N2O3S. The number of sulfonamides is 1. The van der Waals surface area contributed by atoms with Crippen LogP contribution in [0.15, 0.2) is 47.6 Å². The van der Waals surface area contributed by atoms with Gasteiger partial charge in [-0.25, -0.2) is 13.1 Å². The molecule has 0 bridgehead atoms. The summed E-state index contributed by atoms with van der Waals surface area (Å²) in [6, 6.07) is 8.42. The first kappa shape index (κ1) is 14.6. The van der Waals surface area contributed by atoms with E-state index in [-0.39, 0.29) is 18.0 Å². The van der Waals surface area contributed by atoms with Crippen molar-refractivity contribution < 1.29 is 13.5 Å². The van der Waals surface area contributed by atoms with E-state index < -0.39 is 10.0 Å². The van der Waals surface area contributed by atoms with Crippen molar-refractivity contribution in [3.8, 4) is 0 Å². The van der Waals surface area contributed by atoms with Crippen LogP contribution in [0.1, 0.15) is 16.7 Å². The summed E-state index contributed by atoms with van der Waals surface area (Å²) < 4.78 is 27.1. The van der Waals surface area contributed by atoms with Crippen molar-refractivity contribution in [1.82, 2.24) is 9.71 Å². The Kier molecular flexibility index (Phi) is 4.49. The Morgan fingerprint density at radius 2 is 2.05 bits per heavy atom. The zero-order valence-electron chi connectivity index (χ0n) is 11.1. The highest BCUT2D eigenvalue weighted by Crippen LogP contribution is 2.17. The average molecular weight is 292 g/mol. The topological polar surface area (TPSA) is 79.3 Å². The molecule has 0 radical (unpaired) electrons. The van der Waals surface area contributed by atoms with Crippen molar-refractivity contribution in [2.75, 3.05) is 0 Å². The Morgan fingerprint density at radius 1 is 1.25 bits per heavy atom. The van der Waals surface area contributed by atoms with E-state index in [4.69, 9.17) is 5.11 Å². The Hall–Kier alpha value is -1.76. The van der Waals surface area contributed by atoms with Gasteiger partial charge in [-0.1, -0.05) is 18.2 Å². The summed E-state index contributed by atoms with van der Waals surface area (Å²) in [5.74, 6) is 0. The van der Waals surface area contributed by atoms with Crippen LogP contribution >= 0.6 is 0 Å². The van der Waals surface area contributed by atoms with Crippen LogP contribution in [0.4, 0.5) is 0 Å². The molecular weight excluding hydrogens is 276 g/mol. The quantitative estimate of drug-likeness (QED) is 0.872. The van der Waals surface area contributed by atoms with Gasteiger partial charge in [-0.15, -0.1) is 0 Å². The first-order valence-electron chi connectivity index (χ1n) is 6.12. The first-order valence-corrected chi connectivity index (χ1v) is 7.60. The number of aromatic nitrogens is 1. The third kappa shape index (κ3) is 3.41. The lowest BCUT2D eigenvalue weighted by atomic mass is 10.2. The molecule has 0 unspecified atom stereocenters. The Bertz CT molecular complexity index is 685. The average Bonchev–Trinajstić information content (AvgIpc) is 2.47. The zero-order valence-corrected chi connectivity index (χ0v) is 11.9. The van der Waals surface area contributed by atoms with Gasteiger partial charge in [0.1, 0.15) is 0 Å². The predicted octanol–water partition coefficient (Wildman–Crippen LogP) is 1.36. The van der Waals surface area contributed by atoms with Crippen molar-refractivity contribution >= 4 is 10.0 Å². The van der Waals surface area contributed by atoms with E-state index in [1.54, 1.807) is 43.6 Å². The summed E-state index contributed by atoms with van der Waals surface area (Å²) >= 11 is 0. The molecule has 1 aromatic heterocycles. The number of nitrogens with zero attached hydrogens (tertiary/aromatic N) is 1. The fraction of sp³-hybridized carbons (Fsp3) is 0.214. The molecule has 0 aliphatic carbocycles. The van der Waals surface area contributed by atoms with E-state index in [2.05, 4.69) is 9.71 Å². The number of hydrogen-bond donors (Lipinski definition) is 2. The fourth-order valence-corrected chi connectivity index (χ4v) is 3.10. The summed E-state index contributed by atoms with van der Waals surface area (Å²) in [5, 5.41) is 9.10. The van der Waals surface area contributed by atoms with E-state index in [1.807, 2.05) is 0 Å². The second kappa shape index (κ2) is 6.13. The van der Waals surface area contributed by atoms with Crippen LogP contribution in [0.25, 0.3) is 0 Å². The minimum absolute atomic E-state index is 0.180. The van der Waals surface area contributed by atoms with E-state index in [0.717, 1.165) is 5.56 Å². The third-order valence-electron chi connectivity index (χ3n) is 2.91. The monoisotopic (exact) mass is 292 g/mol. The molecule has 6 heteroatoms. The second-order valence-corrected chi connectivity index (χ2v) is 6.18. The number of aliphatic hydroxyl groups is 1. The summed E-state index contributed by atoms with van der Waals surface area (Å²) in [6.45, 7) is 1.71. The molecule has 0 atom stereocenters. The van der Waals surface area contributed by atoms with Crippen molar-refractivity contribution in [2.45, 2.75) is 25.0 Å². The highest BCUT2D eigenvalue weighted by Gasteiger charge is 2.17. The van der Waals surface area contributed by atoms with Gasteiger partial charge in [0.15, 0.2) is 0 Å². The Balaban J connectivity index is 2.22. The normalized spacial score (nSPS) is 11.5. The van der Waals surface area contributed by atoms with Crippen molar-refractivity contribution in [1.29, 1.82) is 0 Å². The fourth-order valence-electron chi connectivity index (χ4n) is 1.79. The molecule has 0 saturated carbocycles. The third-order valence-corrected chi connectivity index (χ3v) is 4.46. The summed E-state index contributed by atoms with van der Waals surface area (Å²) in [4.78, 5) is 4.12.